The summed E-state index contributed by atoms with van der Waals surface area (Å²) in [7, 11) is 1.63. The third-order valence-electron chi connectivity index (χ3n) is 3.07. The molecule has 0 spiro atoms. The highest BCUT2D eigenvalue weighted by atomic mass is 16.5. The van der Waals surface area contributed by atoms with Gasteiger partial charge in [-0.2, -0.15) is 0 Å². The van der Waals surface area contributed by atoms with Crippen LogP contribution in [0.1, 0.15) is 18.4 Å². The molecule has 0 aliphatic carbocycles. The van der Waals surface area contributed by atoms with E-state index in [-0.39, 0.29) is 12.0 Å². The first kappa shape index (κ1) is 13.6. The summed E-state index contributed by atoms with van der Waals surface area (Å²) in [6.45, 7) is 1.40. The summed E-state index contributed by atoms with van der Waals surface area (Å²) in [5.74, 6) is 0.714. The maximum Gasteiger partial charge on any atom is 0.244 e. The van der Waals surface area contributed by atoms with Crippen LogP contribution < -0.4 is 10.1 Å². The Labute approximate surface area is 113 Å². The van der Waals surface area contributed by atoms with Gasteiger partial charge in [-0.05, 0) is 36.6 Å². The first-order chi connectivity index (χ1) is 9.28. The number of ether oxygens (including phenoxy) is 2. The summed E-state index contributed by atoms with van der Waals surface area (Å²) in [6.07, 6.45) is 5.62. The number of rotatable bonds is 5. The zero-order valence-electron chi connectivity index (χ0n) is 11.1. The van der Waals surface area contributed by atoms with Crippen molar-refractivity contribution in [1.29, 1.82) is 0 Å². The summed E-state index contributed by atoms with van der Waals surface area (Å²) in [5, 5.41) is 2.84. The molecule has 0 aromatic heterocycles. The average molecular weight is 261 g/mol. The molecule has 1 N–H and O–H groups in total. The van der Waals surface area contributed by atoms with Gasteiger partial charge in [0.15, 0.2) is 0 Å². The largest absolute Gasteiger partial charge is 0.497 e. The first-order valence-electron chi connectivity index (χ1n) is 6.49. The predicted octanol–water partition coefficient (Wildman–Crippen LogP) is 2.00. The van der Waals surface area contributed by atoms with Crippen molar-refractivity contribution in [1.82, 2.24) is 5.32 Å². The SMILES string of the molecule is COc1ccc(/C=C/C(=O)NC[C@H]2CCCO2)cc1. The van der Waals surface area contributed by atoms with E-state index in [2.05, 4.69) is 5.32 Å². The summed E-state index contributed by atoms with van der Waals surface area (Å²) in [6, 6.07) is 7.54. The molecule has 19 heavy (non-hydrogen) atoms. The zero-order valence-corrected chi connectivity index (χ0v) is 11.1. The van der Waals surface area contributed by atoms with Gasteiger partial charge in [-0.1, -0.05) is 12.1 Å². The molecule has 4 heteroatoms. The van der Waals surface area contributed by atoms with Crippen molar-refractivity contribution in [3.8, 4) is 5.75 Å². The van der Waals surface area contributed by atoms with Crippen LogP contribution in [0.3, 0.4) is 0 Å². The van der Waals surface area contributed by atoms with Gasteiger partial charge in [0.05, 0.1) is 13.2 Å². The molecule has 1 amide bonds. The lowest BCUT2D eigenvalue weighted by Crippen LogP contribution is -2.30. The number of hydrogen-bond donors (Lipinski definition) is 1. The average Bonchev–Trinajstić information content (AvgIpc) is 2.96. The highest BCUT2D eigenvalue weighted by molar-refractivity contribution is 5.91. The minimum Gasteiger partial charge on any atom is -0.497 e. The number of amides is 1. The summed E-state index contributed by atoms with van der Waals surface area (Å²) < 4.78 is 10.5. The second-order valence-electron chi connectivity index (χ2n) is 4.49. The van der Waals surface area contributed by atoms with Gasteiger partial charge < -0.3 is 14.8 Å². The van der Waals surface area contributed by atoms with Crippen LogP contribution in [0.5, 0.6) is 5.75 Å². The number of carbonyl (C=O) groups is 1. The molecular weight excluding hydrogens is 242 g/mol. The maximum atomic E-state index is 11.6. The fourth-order valence-corrected chi connectivity index (χ4v) is 1.97. The summed E-state index contributed by atoms with van der Waals surface area (Å²) >= 11 is 0. The van der Waals surface area contributed by atoms with Crippen molar-refractivity contribution < 1.29 is 14.3 Å². The number of carbonyl (C=O) groups excluding carboxylic acids is 1. The molecule has 1 fully saturated rings. The topological polar surface area (TPSA) is 47.6 Å². The fourth-order valence-electron chi connectivity index (χ4n) is 1.97. The van der Waals surface area contributed by atoms with Crippen LogP contribution in [0, 0.1) is 0 Å². The Morgan fingerprint density at radius 2 is 2.26 bits per heavy atom. The number of benzene rings is 1. The molecule has 1 aliphatic heterocycles. The lowest BCUT2D eigenvalue weighted by molar-refractivity contribution is -0.116. The van der Waals surface area contributed by atoms with Crippen molar-refractivity contribution in [3.05, 3.63) is 35.9 Å². The third-order valence-corrected chi connectivity index (χ3v) is 3.07. The highest BCUT2D eigenvalue weighted by Crippen LogP contribution is 2.12. The van der Waals surface area contributed by atoms with Crippen molar-refractivity contribution in [2.24, 2.45) is 0 Å². The summed E-state index contributed by atoms with van der Waals surface area (Å²) in [5.41, 5.74) is 0.966. The van der Waals surface area contributed by atoms with Gasteiger partial charge in [0.2, 0.25) is 5.91 Å². The van der Waals surface area contributed by atoms with Gasteiger partial charge in [0, 0.05) is 19.2 Å². The van der Waals surface area contributed by atoms with Crippen LogP contribution in [0.4, 0.5) is 0 Å². The minimum absolute atomic E-state index is 0.0914. The summed E-state index contributed by atoms with van der Waals surface area (Å²) in [4.78, 5) is 11.6. The van der Waals surface area contributed by atoms with Gasteiger partial charge in [-0.25, -0.2) is 0 Å². The van der Waals surface area contributed by atoms with E-state index >= 15 is 0 Å². The Balaban J connectivity index is 1.78. The Morgan fingerprint density at radius 1 is 1.47 bits per heavy atom. The van der Waals surface area contributed by atoms with E-state index in [4.69, 9.17) is 9.47 Å². The van der Waals surface area contributed by atoms with Crippen LogP contribution >= 0.6 is 0 Å². The Hall–Kier alpha value is -1.81. The van der Waals surface area contributed by atoms with Gasteiger partial charge in [0.1, 0.15) is 5.75 Å². The van der Waals surface area contributed by atoms with Gasteiger partial charge in [0.25, 0.3) is 0 Å². The molecule has 2 rings (SSSR count). The smallest absolute Gasteiger partial charge is 0.244 e. The molecule has 102 valence electrons. The highest BCUT2D eigenvalue weighted by Gasteiger charge is 2.15. The molecule has 1 heterocycles. The van der Waals surface area contributed by atoms with Crippen molar-refractivity contribution >= 4 is 12.0 Å². The molecule has 1 atom stereocenters. The van der Waals surface area contributed by atoms with Crippen LogP contribution in [-0.2, 0) is 9.53 Å². The molecule has 1 aromatic carbocycles. The molecule has 0 unspecified atom stereocenters. The third kappa shape index (κ3) is 4.41. The predicted molar refractivity (Wildman–Crippen MR) is 74.0 cm³/mol. The minimum atomic E-state index is -0.0914. The van der Waals surface area contributed by atoms with Crippen LogP contribution in [-0.4, -0.2) is 32.3 Å². The Morgan fingerprint density at radius 3 is 2.89 bits per heavy atom. The van der Waals surface area contributed by atoms with E-state index < -0.39 is 0 Å². The van der Waals surface area contributed by atoms with E-state index in [0.29, 0.717) is 6.54 Å². The number of nitrogens with one attached hydrogen (secondary N) is 1. The van der Waals surface area contributed by atoms with Gasteiger partial charge in [-0.3, -0.25) is 4.79 Å². The van der Waals surface area contributed by atoms with E-state index in [9.17, 15) is 4.79 Å². The molecule has 0 bridgehead atoms. The normalized spacial score (nSPS) is 18.7. The van der Waals surface area contributed by atoms with E-state index in [1.807, 2.05) is 24.3 Å². The lowest BCUT2D eigenvalue weighted by atomic mass is 10.2. The van der Waals surface area contributed by atoms with Crippen molar-refractivity contribution in [2.75, 3.05) is 20.3 Å². The molecular formula is C15H19NO3. The molecule has 1 aromatic rings. The van der Waals surface area contributed by atoms with Crippen LogP contribution in [0.25, 0.3) is 6.08 Å². The quantitative estimate of drug-likeness (QED) is 0.825. The number of methoxy groups -OCH3 is 1. The Kier molecular flexibility index (Phi) is 4.98. The fraction of sp³-hybridized carbons (Fsp3) is 0.400. The van der Waals surface area contributed by atoms with Gasteiger partial charge >= 0.3 is 0 Å². The molecule has 1 aliphatic rings. The lowest BCUT2D eigenvalue weighted by Gasteiger charge is -2.08. The van der Waals surface area contributed by atoms with Crippen molar-refractivity contribution in [2.45, 2.75) is 18.9 Å². The Bertz CT molecular complexity index is 433. The standard InChI is InChI=1S/C15H19NO3/c1-18-13-7-4-12(5-8-13)6-9-15(17)16-11-14-3-2-10-19-14/h4-9,14H,2-3,10-11H2,1H3,(H,16,17)/b9-6+/t14-/m1/s1. The zero-order chi connectivity index (χ0) is 13.5. The first-order valence-corrected chi connectivity index (χ1v) is 6.49. The molecule has 0 radical (unpaired) electrons. The molecule has 0 saturated carbocycles. The number of hydrogen-bond acceptors (Lipinski definition) is 3. The maximum absolute atomic E-state index is 11.6. The second kappa shape index (κ2) is 6.95. The molecule has 1 saturated heterocycles. The van der Waals surface area contributed by atoms with Crippen LogP contribution in [0.15, 0.2) is 30.3 Å². The monoisotopic (exact) mass is 261 g/mol. The van der Waals surface area contributed by atoms with E-state index in [1.54, 1.807) is 13.2 Å². The van der Waals surface area contributed by atoms with E-state index in [1.165, 1.54) is 6.08 Å². The van der Waals surface area contributed by atoms with E-state index in [0.717, 1.165) is 30.8 Å². The second-order valence-corrected chi connectivity index (χ2v) is 4.49. The van der Waals surface area contributed by atoms with Crippen LogP contribution in [0.2, 0.25) is 0 Å². The molecule has 4 nitrogen and oxygen atoms in total. The van der Waals surface area contributed by atoms with Crippen molar-refractivity contribution in [3.63, 3.8) is 0 Å². The van der Waals surface area contributed by atoms with Gasteiger partial charge in [-0.15, -0.1) is 0 Å².